The summed E-state index contributed by atoms with van der Waals surface area (Å²) in [5.41, 5.74) is 2.88. The normalized spacial score (nSPS) is 19.9. The van der Waals surface area contributed by atoms with Crippen LogP contribution in [-0.2, 0) is 9.59 Å². The lowest BCUT2D eigenvalue weighted by Gasteiger charge is -2.16. The lowest BCUT2D eigenvalue weighted by molar-refractivity contribution is -0.141. The fourth-order valence-corrected chi connectivity index (χ4v) is 1.44. The first-order chi connectivity index (χ1) is 7.13. The van der Waals surface area contributed by atoms with Crippen LogP contribution >= 0.6 is 0 Å². The Labute approximate surface area is 87.4 Å². The minimum atomic E-state index is -0.976. The summed E-state index contributed by atoms with van der Waals surface area (Å²) in [6.07, 6.45) is 0.955. The molecule has 1 fully saturated rings. The van der Waals surface area contributed by atoms with Gasteiger partial charge in [-0.05, 0) is 6.42 Å². The van der Waals surface area contributed by atoms with Gasteiger partial charge in [0.15, 0.2) is 0 Å². The lowest BCUT2D eigenvalue weighted by Crippen LogP contribution is -2.40. The molecule has 0 bridgehead atoms. The number of hydrogen-bond acceptors (Lipinski definition) is 4. The molecule has 1 atom stereocenters. The summed E-state index contributed by atoms with van der Waals surface area (Å²) < 4.78 is 0. The SMILES string of the molecule is N#CCC1CCN(C(=O)CCC(=O)O)N1. The van der Waals surface area contributed by atoms with E-state index < -0.39 is 5.97 Å². The molecule has 1 unspecified atom stereocenters. The number of rotatable bonds is 4. The zero-order valence-electron chi connectivity index (χ0n) is 8.27. The molecule has 0 aromatic carbocycles. The Kier molecular flexibility index (Phi) is 4.06. The van der Waals surface area contributed by atoms with Gasteiger partial charge in [-0.1, -0.05) is 0 Å². The first kappa shape index (κ1) is 11.5. The molecule has 0 aromatic heterocycles. The van der Waals surface area contributed by atoms with E-state index in [1.54, 1.807) is 0 Å². The fraction of sp³-hybridized carbons (Fsp3) is 0.667. The maximum absolute atomic E-state index is 11.4. The van der Waals surface area contributed by atoms with E-state index in [1.165, 1.54) is 5.01 Å². The molecule has 1 aliphatic heterocycles. The molecular formula is C9H13N3O3. The van der Waals surface area contributed by atoms with E-state index in [9.17, 15) is 9.59 Å². The van der Waals surface area contributed by atoms with Crippen LogP contribution in [0.25, 0.3) is 0 Å². The van der Waals surface area contributed by atoms with Crippen molar-refractivity contribution < 1.29 is 14.7 Å². The number of nitriles is 1. The molecule has 15 heavy (non-hydrogen) atoms. The van der Waals surface area contributed by atoms with Gasteiger partial charge < -0.3 is 5.11 Å². The summed E-state index contributed by atoms with van der Waals surface area (Å²) in [6.45, 7) is 0.546. The van der Waals surface area contributed by atoms with E-state index in [0.29, 0.717) is 13.0 Å². The van der Waals surface area contributed by atoms with E-state index in [1.807, 2.05) is 6.07 Å². The highest BCUT2D eigenvalue weighted by atomic mass is 16.4. The second kappa shape index (κ2) is 5.32. The molecule has 0 spiro atoms. The Morgan fingerprint density at radius 1 is 1.53 bits per heavy atom. The Hall–Kier alpha value is -1.61. The van der Waals surface area contributed by atoms with Crippen molar-refractivity contribution in [2.45, 2.75) is 31.7 Å². The lowest BCUT2D eigenvalue weighted by atomic mass is 10.2. The van der Waals surface area contributed by atoms with Crippen molar-refractivity contribution in [2.75, 3.05) is 6.54 Å². The first-order valence-corrected chi connectivity index (χ1v) is 4.78. The van der Waals surface area contributed by atoms with E-state index in [2.05, 4.69) is 5.43 Å². The van der Waals surface area contributed by atoms with Gasteiger partial charge >= 0.3 is 5.97 Å². The zero-order valence-corrected chi connectivity index (χ0v) is 8.27. The summed E-state index contributed by atoms with van der Waals surface area (Å²) >= 11 is 0. The van der Waals surface area contributed by atoms with Crippen molar-refractivity contribution in [2.24, 2.45) is 0 Å². The van der Waals surface area contributed by atoms with Crippen LogP contribution in [0.5, 0.6) is 0 Å². The largest absolute Gasteiger partial charge is 0.481 e. The van der Waals surface area contributed by atoms with Crippen LogP contribution in [0.1, 0.15) is 25.7 Å². The van der Waals surface area contributed by atoms with Crippen molar-refractivity contribution in [3.63, 3.8) is 0 Å². The summed E-state index contributed by atoms with van der Waals surface area (Å²) in [5.74, 6) is -1.20. The maximum Gasteiger partial charge on any atom is 0.303 e. The van der Waals surface area contributed by atoms with Gasteiger partial charge in [0.05, 0.1) is 18.9 Å². The molecule has 0 aliphatic carbocycles. The first-order valence-electron chi connectivity index (χ1n) is 4.78. The van der Waals surface area contributed by atoms with E-state index >= 15 is 0 Å². The van der Waals surface area contributed by atoms with Crippen molar-refractivity contribution in [1.29, 1.82) is 5.26 Å². The predicted molar refractivity (Wildman–Crippen MR) is 50.4 cm³/mol. The van der Waals surface area contributed by atoms with Gasteiger partial charge in [-0.15, -0.1) is 0 Å². The average Bonchev–Trinajstić information content (AvgIpc) is 2.63. The molecule has 0 aromatic rings. The van der Waals surface area contributed by atoms with Crippen LogP contribution in [0.3, 0.4) is 0 Å². The van der Waals surface area contributed by atoms with Crippen LogP contribution in [0.2, 0.25) is 0 Å². The third-order valence-electron chi connectivity index (χ3n) is 2.23. The number of carboxylic acid groups (broad SMARTS) is 1. The number of nitrogens with one attached hydrogen (secondary N) is 1. The van der Waals surface area contributed by atoms with Gasteiger partial charge in [0.2, 0.25) is 5.91 Å². The van der Waals surface area contributed by atoms with Crippen LogP contribution in [0.15, 0.2) is 0 Å². The monoisotopic (exact) mass is 211 g/mol. The predicted octanol–water partition coefficient (Wildman–Crippen LogP) is -0.130. The zero-order chi connectivity index (χ0) is 11.3. The summed E-state index contributed by atoms with van der Waals surface area (Å²) in [4.78, 5) is 21.7. The van der Waals surface area contributed by atoms with Crippen LogP contribution in [0.4, 0.5) is 0 Å². The molecule has 2 N–H and O–H groups in total. The number of hydrogen-bond donors (Lipinski definition) is 2. The summed E-state index contributed by atoms with van der Waals surface area (Å²) in [6, 6.07) is 2.04. The maximum atomic E-state index is 11.4. The van der Waals surface area contributed by atoms with E-state index in [4.69, 9.17) is 10.4 Å². The number of hydrazine groups is 1. The fourth-order valence-electron chi connectivity index (χ4n) is 1.44. The second-order valence-corrected chi connectivity index (χ2v) is 3.42. The number of amides is 1. The highest BCUT2D eigenvalue weighted by molar-refractivity contribution is 5.80. The smallest absolute Gasteiger partial charge is 0.303 e. The van der Waals surface area contributed by atoms with Crippen LogP contribution < -0.4 is 5.43 Å². The Balaban J connectivity index is 2.30. The molecule has 1 heterocycles. The number of aliphatic carboxylic acids is 1. The van der Waals surface area contributed by atoms with E-state index in [-0.39, 0.29) is 24.8 Å². The third-order valence-corrected chi connectivity index (χ3v) is 2.23. The van der Waals surface area contributed by atoms with Gasteiger partial charge in [-0.3, -0.25) is 14.6 Å². The van der Waals surface area contributed by atoms with Gasteiger partial charge in [0, 0.05) is 19.0 Å². The number of carboxylic acids is 1. The number of carbonyl (C=O) groups excluding carboxylic acids is 1. The molecule has 0 radical (unpaired) electrons. The highest BCUT2D eigenvalue weighted by Crippen LogP contribution is 2.10. The molecular weight excluding hydrogens is 198 g/mol. The molecule has 1 saturated heterocycles. The molecule has 1 amide bonds. The number of carbonyl (C=O) groups is 2. The quantitative estimate of drug-likeness (QED) is 0.675. The minimum absolute atomic E-state index is 0.00159. The standard InChI is InChI=1S/C9H13N3O3/c10-5-3-7-4-6-12(11-7)8(13)1-2-9(14)15/h7,11H,1-4,6H2,(H,14,15). The number of nitrogens with zero attached hydrogens (tertiary/aromatic N) is 2. The average molecular weight is 211 g/mol. The van der Waals surface area contributed by atoms with Crippen molar-refractivity contribution in [3.05, 3.63) is 0 Å². The van der Waals surface area contributed by atoms with Gasteiger partial charge in [-0.2, -0.15) is 5.26 Å². The molecule has 6 nitrogen and oxygen atoms in total. The topological polar surface area (TPSA) is 93.4 Å². The highest BCUT2D eigenvalue weighted by Gasteiger charge is 2.25. The summed E-state index contributed by atoms with van der Waals surface area (Å²) in [7, 11) is 0. The Morgan fingerprint density at radius 3 is 2.87 bits per heavy atom. The van der Waals surface area contributed by atoms with Crippen LogP contribution in [0, 0.1) is 11.3 Å². The minimum Gasteiger partial charge on any atom is -0.481 e. The van der Waals surface area contributed by atoms with Crippen LogP contribution in [-0.4, -0.2) is 34.6 Å². The molecule has 0 saturated carbocycles. The van der Waals surface area contributed by atoms with E-state index in [0.717, 1.165) is 6.42 Å². The third kappa shape index (κ3) is 3.56. The Bertz CT molecular complexity index is 297. The van der Waals surface area contributed by atoms with Gasteiger partial charge in [0.1, 0.15) is 0 Å². The van der Waals surface area contributed by atoms with Crippen molar-refractivity contribution >= 4 is 11.9 Å². The van der Waals surface area contributed by atoms with Crippen molar-refractivity contribution in [3.8, 4) is 6.07 Å². The van der Waals surface area contributed by atoms with Gasteiger partial charge in [0.25, 0.3) is 0 Å². The second-order valence-electron chi connectivity index (χ2n) is 3.42. The molecule has 6 heteroatoms. The summed E-state index contributed by atoms with van der Waals surface area (Å²) in [5, 5.41) is 18.3. The Morgan fingerprint density at radius 2 is 2.27 bits per heavy atom. The molecule has 1 aliphatic rings. The van der Waals surface area contributed by atoms with Gasteiger partial charge in [-0.25, -0.2) is 5.43 Å². The van der Waals surface area contributed by atoms with Crippen molar-refractivity contribution in [1.82, 2.24) is 10.4 Å². The molecule has 1 rings (SSSR count). The molecule has 82 valence electrons.